The molecule has 0 aromatic heterocycles. The average Bonchev–Trinajstić information content (AvgIpc) is 2.70. The zero-order chi connectivity index (χ0) is 13.9. The summed E-state index contributed by atoms with van der Waals surface area (Å²) in [6.45, 7) is 8.21. The molecular formula is C18H37N. The summed E-state index contributed by atoms with van der Waals surface area (Å²) < 4.78 is 0. The van der Waals surface area contributed by atoms with Gasteiger partial charge in [0.15, 0.2) is 0 Å². The standard InChI is InChI=1S/C18H37N/c1-4-13-19-18(14-16(5-2)6-3)15-17-11-9-7-8-10-12-17/h16-19H,4-15H2,1-3H3. The highest BCUT2D eigenvalue weighted by atomic mass is 14.9. The van der Waals surface area contributed by atoms with Crippen molar-refractivity contribution in [2.75, 3.05) is 6.54 Å². The molecule has 1 atom stereocenters. The molecule has 0 heterocycles. The van der Waals surface area contributed by atoms with E-state index in [-0.39, 0.29) is 0 Å². The first kappa shape index (κ1) is 17.0. The lowest BCUT2D eigenvalue weighted by atomic mass is 9.86. The highest BCUT2D eigenvalue weighted by molar-refractivity contribution is 4.76. The van der Waals surface area contributed by atoms with Crippen molar-refractivity contribution in [3.63, 3.8) is 0 Å². The monoisotopic (exact) mass is 267 g/mol. The molecule has 1 N–H and O–H groups in total. The highest BCUT2D eigenvalue weighted by Gasteiger charge is 2.19. The topological polar surface area (TPSA) is 12.0 Å². The Kier molecular flexibility index (Phi) is 9.59. The molecule has 1 fully saturated rings. The first-order valence-corrected chi connectivity index (χ1v) is 9.03. The fourth-order valence-electron chi connectivity index (χ4n) is 3.64. The SMILES string of the molecule is CCCNC(CC(CC)CC)CC1CCCCCC1. The molecular weight excluding hydrogens is 230 g/mol. The smallest absolute Gasteiger partial charge is 0.00723 e. The maximum atomic E-state index is 3.84. The van der Waals surface area contributed by atoms with Crippen LogP contribution < -0.4 is 5.32 Å². The third-order valence-electron chi connectivity index (χ3n) is 5.05. The second-order valence-electron chi connectivity index (χ2n) is 6.66. The van der Waals surface area contributed by atoms with Crippen molar-refractivity contribution in [3.05, 3.63) is 0 Å². The van der Waals surface area contributed by atoms with Gasteiger partial charge in [0, 0.05) is 6.04 Å². The minimum absolute atomic E-state index is 0.785. The van der Waals surface area contributed by atoms with Gasteiger partial charge in [-0.3, -0.25) is 0 Å². The van der Waals surface area contributed by atoms with E-state index in [0.29, 0.717) is 0 Å². The summed E-state index contributed by atoms with van der Waals surface area (Å²) in [5.74, 6) is 1.94. The van der Waals surface area contributed by atoms with Crippen molar-refractivity contribution in [1.82, 2.24) is 5.32 Å². The van der Waals surface area contributed by atoms with Gasteiger partial charge in [0.25, 0.3) is 0 Å². The van der Waals surface area contributed by atoms with Gasteiger partial charge in [-0.25, -0.2) is 0 Å². The molecule has 1 rings (SSSR count). The maximum Gasteiger partial charge on any atom is 0.00723 e. The van der Waals surface area contributed by atoms with Crippen LogP contribution in [0.25, 0.3) is 0 Å². The second kappa shape index (κ2) is 10.7. The molecule has 1 aliphatic rings. The van der Waals surface area contributed by atoms with Crippen molar-refractivity contribution in [1.29, 1.82) is 0 Å². The van der Waals surface area contributed by atoms with Gasteiger partial charge < -0.3 is 5.32 Å². The highest BCUT2D eigenvalue weighted by Crippen LogP contribution is 2.28. The van der Waals surface area contributed by atoms with Gasteiger partial charge in [0.05, 0.1) is 0 Å². The predicted octanol–water partition coefficient (Wildman–Crippen LogP) is 5.54. The molecule has 0 aromatic rings. The third-order valence-corrected chi connectivity index (χ3v) is 5.05. The van der Waals surface area contributed by atoms with Gasteiger partial charge in [0.1, 0.15) is 0 Å². The van der Waals surface area contributed by atoms with Gasteiger partial charge in [0.2, 0.25) is 0 Å². The van der Waals surface area contributed by atoms with Gasteiger partial charge in [-0.15, -0.1) is 0 Å². The van der Waals surface area contributed by atoms with Crippen LogP contribution in [0.2, 0.25) is 0 Å². The van der Waals surface area contributed by atoms with Crippen molar-refractivity contribution in [2.24, 2.45) is 11.8 Å². The van der Waals surface area contributed by atoms with Crippen LogP contribution in [-0.2, 0) is 0 Å². The van der Waals surface area contributed by atoms with E-state index in [2.05, 4.69) is 26.1 Å². The molecule has 19 heavy (non-hydrogen) atoms. The zero-order valence-electron chi connectivity index (χ0n) is 13.7. The Balaban J connectivity index is 2.41. The molecule has 0 bridgehead atoms. The lowest BCUT2D eigenvalue weighted by Gasteiger charge is -2.27. The fraction of sp³-hybridized carbons (Fsp3) is 1.00. The molecule has 1 aliphatic carbocycles. The first-order valence-electron chi connectivity index (χ1n) is 9.03. The van der Waals surface area contributed by atoms with Crippen molar-refractivity contribution >= 4 is 0 Å². The van der Waals surface area contributed by atoms with Crippen molar-refractivity contribution in [3.8, 4) is 0 Å². The van der Waals surface area contributed by atoms with E-state index in [0.717, 1.165) is 17.9 Å². The van der Waals surface area contributed by atoms with E-state index in [1.807, 2.05) is 0 Å². The quantitative estimate of drug-likeness (QED) is 0.541. The normalized spacial score (nSPS) is 19.6. The second-order valence-corrected chi connectivity index (χ2v) is 6.66. The van der Waals surface area contributed by atoms with E-state index < -0.39 is 0 Å². The van der Waals surface area contributed by atoms with Crippen molar-refractivity contribution < 1.29 is 0 Å². The van der Waals surface area contributed by atoms with E-state index >= 15 is 0 Å². The average molecular weight is 268 g/mol. The van der Waals surface area contributed by atoms with Gasteiger partial charge in [-0.1, -0.05) is 72.1 Å². The van der Waals surface area contributed by atoms with E-state index in [1.165, 1.54) is 77.2 Å². The van der Waals surface area contributed by atoms with Crippen LogP contribution in [-0.4, -0.2) is 12.6 Å². The lowest BCUT2D eigenvalue weighted by molar-refractivity contribution is 0.296. The van der Waals surface area contributed by atoms with Crippen LogP contribution >= 0.6 is 0 Å². The maximum absolute atomic E-state index is 3.84. The fourth-order valence-corrected chi connectivity index (χ4v) is 3.64. The molecule has 1 unspecified atom stereocenters. The molecule has 1 saturated carbocycles. The summed E-state index contributed by atoms with van der Waals surface area (Å²) in [6.07, 6.45) is 15.7. The zero-order valence-corrected chi connectivity index (χ0v) is 13.7. The molecule has 0 aliphatic heterocycles. The summed E-state index contributed by atoms with van der Waals surface area (Å²) >= 11 is 0. The first-order chi connectivity index (χ1) is 9.30. The van der Waals surface area contributed by atoms with Crippen LogP contribution in [0.4, 0.5) is 0 Å². The van der Waals surface area contributed by atoms with Gasteiger partial charge >= 0.3 is 0 Å². The van der Waals surface area contributed by atoms with Crippen LogP contribution in [0, 0.1) is 11.8 Å². The lowest BCUT2D eigenvalue weighted by Crippen LogP contribution is -2.33. The molecule has 114 valence electrons. The van der Waals surface area contributed by atoms with Crippen LogP contribution in [0.3, 0.4) is 0 Å². The minimum Gasteiger partial charge on any atom is -0.314 e. The Hall–Kier alpha value is -0.0400. The number of hydrogen-bond donors (Lipinski definition) is 1. The van der Waals surface area contributed by atoms with Crippen molar-refractivity contribution in [2.45, 2.75) is 97.4 Å². The molecule has 1 heteroatoms. The Morgan fingerprint density at radius 1 is 0.947 bits per heavy atom. The summed E-state index contributed by atoms with van der Waals surface area (Å²) in [7, 11) is 0. The molecule has 0 amide bonds. The van der Waals surface area contributed by atoms with Crippen LogP contribution in [0.1, 0.15) is 91.4 Å². The number of hydrogen-bond acceptors (Lipinski definition) is 1. The minimum atomic E-state index is 0.785. The largest absolute Gasteiger partial charge is 0.314 e. The van der Waals surface area contributed by atoms with E-state index in [4.69, 9.17) is 0 Å². The Labute approximate surface area is 121 Å². The summed E-state index contributed by atoms with van der Waals surface area (Å²) in [5, 5.41) is 3.84. The molecule has 1 nitrogen and oxygen atoms in total. The van der Waals surface area contributed by atoms with Gasteiger partial charge in [-0.05, 0) is 37.6 Å². The predicted molar refractivity (Wildman–Crippen MR) is 86.6 cm³/mol. The van der Waals surface area contributed by atoms with Crippen LogP contribution in [0.15, 0.2) is 0 Å². The van der Waals surface area contributed by atoms with Gasteiger partial charge in [-0.2, -0.15) is 0 Å². The van der Waals surface area contributed by atoms with Crippen LogP contribution in [0.5, 0.6) is 0 Å². The molecule has 0 spiro atoms. The molecule has 0 radical (unpaired) electrons. The third kappa shape index (κ3) is 7.34. The molecule has 0 aromatic carbocycles. The summed E-state index contributed by atoms with van der Waals surface area (Å²) in [6, 6.07) is 0.785. The Bertz CT molecular complexity index is 190. The summed E-state index contributed by atoms with van der Waals surface area (Å²) in [4.78, 5) is 0. The Morgan fingerprint density at radius 2 is 1.58 bits per heavy atom. The number of nitrogens with one attached hydrogen (secondary N) is 1. The Morgan fingerprint density at radius 3 is 2.11 bits per heavy atom. The van der Waals surface area contributed by atoms with E-state index in [9.17, 15) is 0 Å². The summed E-state index contributed by atoms with van der Waals surface area (Å²) in [5.41, 5.74) is 0. The molecule has 0 saturated heterocycles. The number of rotatable bonds is 9. The van der Waals surface area contributed by atoms with E-state index in [1.54, 1.807) is 0 Å².